The molecule has 1 aliphatic heterocycles. The molecule has 0 spiro atoms. The summed E-state index contributed by atoms with van der Waals surface area (Å²) < 4.78 is 5.64. The third-order valence-corrected chi connectivity index (χ3v) is 4.42. The highest BCUT2D eigenvalue weighted by Crippen LogP contribution is 2.24. The number of fused-ring (bicyclic) bond motifs is 1. The monoisotopic (exact) mass is 367 g/mol. The van der Waals surface area contributed by atoms with Gasteiger partial charge in [-0.1, -0.05) is 29.8 Å². The van der Waals surface area contributed by atoms with Gasteiger partial charge in [0, 0.05) is 23.6 Å². The van der Waals surface area contributed by atoms with Gasteiger partial charge in [0.2, 0.25) is 11.8 Å². The molecular formula is C19H14ClN3O3. The Morgan fingerprint density at radius 2 is 1.69 bits per heavy atom. The molecule has 3 aromatic rings. The number of carbonyl (C=O) groups excluding carboxylic acids is 2. The number of carbonyl (C=O) groups is 2. The van der Waals surface area contributed by atoms with E-state index < -0.39 is 0 Å². The summed E-state index contributed by atoms with van der Waals surface area (Å²) in [6.45, 7) is 0.307. The van der Waals surface area contributed by atoms with E-state index in [4.69, 9.17) is 16.0 Å². The first kappa shape index (κ1) is 16.5. The third-order valence-electron chi connectivity index (χ3n) is 4.19. The highest BCUT2D eigenvalue weighted by atomic mass is 35.5. The SMILES string of the molecule is O=C1c2ccccc2C(=O)N1CCCc1nnc(-c2cccc(Cl)c2)o1. The standard InChI is InChI=1S/C19H14ClN3O3/c20-13-6-3-5-12(11-13)17-22-21-16(26-17)9-4-10-23-18(24)14-7-1-2-8-15(14)19(23)25/h1-3,5-8,11H,4,9-10H2. The molecule has 0 saturated carbocycles. The zero-order chi connectivity index (χ0) is 18.1. The van der Waals surface area contributed by atoms with E-state index in [0.29, 0.717) is 47.3 Å². The van der Waals surface area contributed by atoms with Gasteiger partial charge in [-0.25, -0.2) is 0 Å². The number of aromatic nitrogens is 2. The minimum atomic E-state index is -0.254. The zero-order valence-corrected chi connectivity index (χ0v) is 14.4. The van der Waals surface area contributed by atoms with E-state index in [2.05, 4.69) is 10.2 Å². The van der Waals surface area contributed by atoms with Crippen LogP contribution in [0.2, 0.25) is 5.02 Å². The molecule has 26 heavy (non-hydrogen) atoms. The Morgan fingerprint density at radius 3 is 2.38 bits per heavy atom. The molecule has 0 radical (unpaired) electrons. The average Bonchev–Trinajstić information content (AvgIpc) is 3.21. The molecule has 0 N–H and O–H groups in total. The highest BCUT2D eigenvalue weighted by molar-refractivity contribution is 6.30. The van der Waals surface area contributed by atoms with Crippen LogP contribution in [0.4, 0.5) is 0 Å². The molecule has 7 heteroatoms. The van der Waals surface area contributed by atoms with Gasteiger partial charge in [-0.15, -0.1) is 10.2 Å². The maximum atomic E-state index is 12.3. The third kappa shape index (κ3) is 2.99. The second-order valence-electron chi connectivity index (χ2n) is 5.92. The predicted molar refractivity (Wildman–Crippen MR) is 94.9 cm³/mol. The van der Waals surface area contributed by atoms with Crippen LogP contribution in [0.3, 0.4) is 0 Å². The fourth-order valence-electron chi connectivity index (χ4n) is 2.92. The molecule has 6 nitrogen and oxygen atoms in total. The molecular weight excluding hydrogens is 354 g/mol. The molecule has 0 bridgehead atoms. The van der Waals surface area contributed by atoms with E-state index in [1.165, 1.54) is 4.90 Å². The lowest BCUT2D eigenvalue weighted by molar-refractivity contribution is 0.0651. The van der Waals surface area contributed by atoms with Crippen LogP contribution in [-0.2, 0) is 6.42 Å². The summed E-state index contributed by atoms with van der Waals surface area (Å²) in [7, 11) is 0. The number of aryl methyl sites for hydroxylation is 1. The average molecular weight is 368 g/mol. The van der Waals surface area contributed by atoms with Crippen molar-refractivity contribution in [3.05, 3.63) is 70.6 Å². The minimum absolute atomic E-state index is 0.254. The molecule has 0 atom stereocenters. The van der Waals surface area contributed by atoms with Crippen LogP contribution in [0.15, 0.2) is 52.9 Å². The van der Waals surface area contributed by atoms with Gasteiger partial charge in [0.15, 0.2) is 0 Å². The number of imide groups is 1. The summed E-state index contributed by atoms with van der Waals surface area (Å²) >= 11 is 5.96. The Labute approximate surface area is 154 Å². The number of rotatable bonds is 5. The normalized spacial score (nSPS) is 13.3. The Kier molecular flexibility index (Phi) is 4.26. The molecule has 2 amide bonds. The number of benzene rings is 2. The molecule has 0 aliphatic carbocycles. The fraction of sp³-hybridized carbons (Fsp3) is 0.158. The van der Waals surface area contributed by atoms with Gasteiger partial charge in [-0.05, 0) is 36.8 Å². The number of halogens is 1. The Balaban J connectivity index is 1.39. The van der Waals surface area contributed by atoms with Crippen molar-refractivity contribution >= 4 is 23.4 Å². The van der Waals surface area contributed by atoms with E-state index in [1.54, 1.807) is 36.4 Å². The minimum Gasteiger partial charge on any atom is -0.421 e. The van der Waals surface area contributed by atoms with Crippen LogP contribution >= 0.6 is 11.6 Å². The molecule has 0 unspecified atom stereocenters. The Morgan fingerprint density at radius 1 is 0.962 bits per heavy atom. The van der Waals surface area contributed by atoms with E-state index in [9.17, 15) is 9.59 Å². The number of amides is 2. The molecule has 1 aliphatic rings. The maximum absolute atomic E-state index is 12.3. The van der Waals surface area contributed by atoms with Crippen molar-refractivity contribution in [1.82, 2.24) is 15.1 Å². The van der Waals surface area contributed by atoms with Crippen LogP contribution in [0.5, 0.6) is 0 Å². The summed E-state index contributed by atoms with van der Waals surface area (Å²) in [6.07, 6.45) is 1.02. The summed E-state index contributed by atoms with van der Waals surface area (Å²) in [5.74, 6) is 0.339. The summed E-state index contributed by atoms with van der Waals surface area (Å²) in [4.78, 5) is 25.9. The number of hydrogen-bond donors (Lipinski definition) is 0. The molecule has 0 saturated heterocycles. The van der Waals surface area contributed by atoms with Crippen molar-refractivity contribution in [2.45, 2.75) is 12.8 Å². The molecule has 130 valence electrons. The second kappa shape index (κ2) is 6.72. The van der Waals surface area contributed by atoms with E-state index >= 15 is 0 Å². The molecule has 4 rings (SSSR count). The first-order valence-electron chi connectivity index (χ1n) is 8.17. The topological polar surface area (TPSA) is 76.3 Å². The van der Waals surface area contributed by atoms with Gasteiger partial charge in [0.25, 0.3) is 11.8 Å². The summed E-state index contributed by atoms with van der Waals surface area (Å²) in [6, 6.07) is 14.0. The summed E-state index contributed by atoms with van der Waals surface area (Å²) in [5.41, 5.74) is 1.66. The molecule has 2 heterocycles. The number of hydrogen-bond acceptors (Lipinski definition) is 5. The van der Waals surface area contributed by atoms with Crippen molar-refractivity contribution < 1.29 is 14.0 Å². The van der Waals surface area contributed by atoms with Crippen molar-refractivity contribution in [2.24, 2.45) is 0 Å². The first-order valence-corrected chi connectivity index (χ1v) is 8.55. The Bertz CT molecular complexity index is 964. The van der Waals surface area contributed by atoms with E-state index in [1.807, 2.05) is 12.1 Å². The molecule has 0 fully saturated rings. The van der Waals surface area contributed by atoms with Crippen molar-refractivity contribution in [1.29, 1.82) is 0 Å². The lowest BCUT2D eigenvalue weighted by atomic mass is 10.1. The smallest absolute Gasteiger partial charge is 0.261 e. The lowest BCUT2D eigenvalue weighted by Crippen LogP contribution is -2.30. The zero-order valence-electron chi connectivity index (χ0n) is 13.7. The predicted octanol–water partition coefficient (Wildman–Crippen LogP) is 3.62. The van der Waals surface area contributed by atoms with E-state index in [-0.39, 0.29) is 11.8 Å². The van der Waals surface area contributed by atoms with E-state index in [0.717, 1.165) is 5.56 Å². The molecule has 1 aromatic heterocycles. The van der Waals surface area contributed by atoms with Gasteiger partial charge in [-0.3, -0.25) is 14.5 Å². The summed E-state index contributed by atoms with van der Waals surface area (Å²) in [5, 5.41) is 8.62. The number of nitrogens with zero attached hydrogens (tertiary/aromatic N) is 3. The Hall–Kier alpha value is -2.99. The van der Waals surface area contributed by atoms with Crippen LogP contribution in [0.25, 0.3) is 11.5 Å². The van der Waals surface area contributed by atoms with Gasteiger partial charge in [0.1, 0.15) is 0 Å². The van der Waals surface area contributed by atoms with Crippen molar-refractivity contribution in [3.8, 4) is 11.5 Å². The van der Waals surface area contributed by atoms with Gasteiger partial charge in [-0.2, -0.15) is 0 Å². The van der Waals surface area contributed by atoms with Crippen molar-refractivity contribution in [2.75, 3.05) is 6.54 Å². The maximum Gasteiger partial charge on any atom is 0.261 e. The van der Waals surface area contributed by atoms with Crippen LogP contribution in [0.1, 0.15) is 33.0 Å². The fourth-order valence-corrected chi connectivity index (χ4v) is 3.11. The van der Waals surface area contributed by atoms with Crippen molar-refractivity contribution in [3.63, 3.8) is 0 Å². The largest absolute Gasteiger partial charge is 0.421 e. The van der Waals surface area contributed by atoms with Crippen LogP contribution < -0.4 is 0 Å². The quantitative estimate of drug-likeness (QED) is 0.644. The molecule has 2 aromatic carbocycles. The van der Waals surface area contributed by atoms with Gasteiger partial charge in [0.05, 0.1) is 11.1 Å². The lowest BCUT2D eigenvalue weighted by Gasteiger charge is -2.12. The van der Waals surface area contributed by atoms with Crippen LogP contribution in [-0.4, -0.2) is 33.5 Å². The van der Waals surface area contributed by atoms with Gasteiger partial charge >= 0.3 is 0 Å². The van der Waals surface area contributed by atoms with Gasteiger partial charge < -0.3 is 4.42 Å². The highest BCUT2D eigenvalue weighted by Gasteiger charge is 2.34. The second-order valence-corrected chi connectivity index (χ2v) is 6.36. The van der Waals surface area contributed by atoms with Crippen LogP contribution in [0, 0.1) is 0 Å². The first-order chi connectivity index (χ1) is 12.6.